The number of rotatable bonds is 18. The summed E-state index contributed by atoms with van der Waals surface area (Å²) in [6.45, 7) is 4.50. The van der Waals surface area contributed by atoms with Gasteiger partial charge in [0.05, 0.1) is 19.6 Å². The van der Waals surface area contributed by atoms with Gasteiger partial charge < -0.3 is 9.47 Å². The monoisotopic (exact) mass is 592 g/mol. The summed E-state index contributed by atoms with van der Waals surface area (Å²) in [5.41, 5.74) is 0. The molecular formula is C20H43Na3O11S2. The molecule has 0 aliphatic carbocycles. The Morgan fingerprint density at radius 2 is 0.972 bits per heavy atom. The van der Waals surface area contributed by atoms with Gasteiger partial charge in [0, 0.05) is 0 Å². The van der Waals surface area contributed by atoms with E-state index in [1.165, 1.54) is 6.42 Å². The molecule has 0 bridgehead atoms. The Kier molecular flexibility index (Phi) is 39.2. The van der Waals surface area contributed by atoms with E-state index in [9.17, 15) is 22.6 Å². The molecule has 0 aliphatic rings. The topological polar surface area (TPSA) is 182 Å². The summed E-state index contributed by atoms with van der Waals surface area (Å²) in [6, 6.07) is 0. The first kappa shape index (κ1) is 47.5. The van der Waals surface area contributed by atoms with Gasteiger partial charge in [0.15, 0.2) is 5.25 Å². The van der Waals surface area contributed by atoms with Crippen LogP contribution in [0.5, 0.6) is 0 Å². The summed E-state index contributed by atoms with van der Waals surface area (Å²) in [5, 5.41) is -1.93. The van der Waals surface area contributed by atoms with E-state index >= 15 is 0 Å². The predicted octanol–water partition coefficient (Wildman–Crippen LogP) is 1.84. The zero-order valence-corrected chi connectivity index (χ0v) is 21.2. The van der Waals surface area contributed by atoms with Crippen LogP contribution in [-0.2, 0) is 39.6 Å². The maximum atomic E-state index is 12.0. The first-order chi connectivity index (χ1) is 15.3. The van der Waals surface area contributed by atoms with Gasteiger partial charge in [-0.2, -0.15) is 16.8 Å². The van der Waals surface area contributed by atoms with Crippen LogP contribution in [0.2, 0.25) is 0 Å². The summed E-state index contributed by atoms with van der Waals surface area (Å²) in [6.07, 6.45) is 11.3. The van der Waals surface area contributed by atoms with Crippen molar-refractivity contribution in [2.45, 2.75) is 103 Å². The third kappa shape index (κ3) is 37.9. The number of ether oxygens (including phenoxy) is 2. The van der Waals surface area contributed by atoms with E-state index in [1.807, 2.05) is 0 Å². The second-order valence-corrected chi connectivity index (χ2v) is 10.1. The molecule has 1 unspecified atom stereocenters. The number of esters is 2. The third-order valence-electron chi connectivity index (χ3n) is 4.48. The SMILES string of the molecule is CCCCCCCCOC(=O)CC(C(=O)OCCCCCCCC)S(=O)(=O)O.O=S(=O)(O)O.[NaH].[NaH].[NaH]. The van der Waals surface area contributed by atoms with Crippen LogP contribution in [-0.4, -0.2) is 150 Å². The minimum atomic E-state index is -4.73. The Morgan fingerprint density at radius 3 is 1.33 bits per heavy atom. The van der Waals surface area contributed by atoms with Gasteiger partial charge in [-0.25, -0.2) is 0 Å². The summed E-state index contributed by atoms with van der Waals surface area (Å²) in [5.74, 6) is -1.93. The summed E-state index contributed by atoms with van der Waals surface area (Å²) >= 11 is 0. The van der Waals surface area contributed by atoms with Crippen molar-refractivity contribution in [3.05, 3.63) is 0 Å². The molecule has 1 atom stereocenters. The summed E-state index contributed by atoms with van der Waals surface area (Å²) in [4.78, 5) is 23.8. The Labute approximate surface area is 283 Å². The minimum absolute atomic E-state index is 0. The summed E-state index contributed by atoms with van der Waals surface area (Å²) in [7, 11) is -9.40. The summed E-state index contributed by atoms with van der Waals surface area (Å²) < 4.78 is 73.6. The van der Waals surface area contributed by atoms with Gasteiger partial charge in [0.25, 0.3) is 10.1 Å². The molecule has 0 rings (SSSR count). The van der Waals surface area contributed by atoms with E-state index in [-0.39, 0.29) is 102 Å². The van der Waals surface area contributed by atoms with Crippen molar-refractivity contribution in [3.8, 4) is 0 Å². The van der Waals surface area contributed by atoms with Crippen molar-refractivity contribution < 1.29 is 49.6 Å². The zero-order chi connectivity index (χ0) is 25.8. The molecule has 0 heterocycles. The molecule has 0 saturated heterocycles. The Morgan fingerprint density at radius 1 is 0.639 bits per heavy atom. The van der Waals surface area contributed by atoms with Crippen LogP contribution in [0.4, 0.5) is 0 Å². The standard InChI is InChI=1S/C20H38O7S.3Na.H2O4S.3H/c1-3-5-7-9-11-13-15-26-19(21)17-18(28(23,24)25)20(22)27-16-14-12-10-8-6-4-2;;;;1-5(2,3)4;;;/h18H,3-17H2,1-2H3,(H,23,24,25);;;;(H2,1,2,3,4);;;. The zero-order valence-electron chi connectivity index (χ0n) is 19.6. The van der Waals surface area contributed by atoms with Crippen LogP contribution in [0.15, 0.2) is 0 Å². The second kappa shape index (κ2) is 29.7. The van der Waals surface area contributed by atoms with Crippen LogP contribution in [0.25, 0.3) is 0 Å². The van der Waals surface area contributed by atoms with E-state index in [4.69, 9.17) is 27.0 Å². The molecule has 11 nitrogen and oxygen atoms in total. The van der Waals surface area contributed by atoms with Gasteiger partial charge in [0.1, 0.15) is 0 Å². The third-order valence-corrected chi connectivity index (χ3v) is 5.56. The van der Waals surface area contributed by atoms with Crippen molar-refractivity contribution in [3.63, 3.8) is 0 Å². The van der Waals surface area contributed by atoms with Crippen LogP contribution in [0, 0.1) is 0 Å². The molecule has 0 saturated carbocycles. The van der Waals surface area contributed by atoms with E-state index in [0.29, 0.717) is 12.8 Å². The molecule has 0 aliphatic heterocycles. The van der Waals surface area contributed by atoms with Crippen molar-refractivity contribution in [1.82, 2.24) is 0 Å². The molecule has 36 heavy (non-hydrogen) atoms. The van der Waals surface area contributed by atoms with Gasteiger partial charge in [-0.15, -0.1) is 0 Å². The molecule has 0 fully saturated rings. The normalized spacial score (nSPS) is 11.4. The van der Waals surface area contributed by atoms with E-state index in [0.717, 1.165) is 57.8 Å². The Hall–Kier alpha value is 1.72. The fourth-order valence-electron chi connectivity index (χ4n) is 2.74. The molecular weight excluding hydrogens is 549 g/mol. The average Bonchev–Trinajstić information content (AvgIpc) is 2.68. The molecule has 0 aromatic rings. The van der Waals surface area contributed by atoms with Crippen LogP contribution in [0.3, 0.4) is 0 Å². The quantitative estimate of drug-likeness (QED) is 0.0914. The van der Waals surface area contributed by atoms with Crippen molar-refractivity contribution in [2.75, 3.05) is 13.2 Å². The van der Waals surface area contributed by atoms with Crippen molar-refractivity contribution >= 4 is 121 Å². The molecule has 0 spiro atoms. The van der Waals surface area contributed by atoms with Crippen molar-refractivity contribution in [2.24, 2.45) is 0 Å². The first-order valence-electron chi connectivity index (χ1n) is 11.3. The maximum absolute atomic E-state index is 12.0. The van der Waals surface area contributed by atoms with Crippen molar-refractivity contribution in [1.29, 1.82) is 0 Å². The van der Waals surface area contributed by atoms with Crippen LogP contribution >= 0.6 is 0 Å². The predicted molar refractivity (Wildman–Crippen MR) is 144 cm³/mol. The molecule has 3 N–H and O–H groups in total. The fraction of sp³-hybridized carbons (Fsp3) is 0.900. The van der Waals surface area contributed by atoms with Gasteiger partial charge in [0.2, 0.25) is 0 Å². The average molecular weight is 593 g/mol. The molecule has 16 heteroatoms. The number of hydrogen-bond donors (Lipinski definition) is 3. The Bertz CT molecular complexity index is 725. The number of hydrogen-bond acceptors (Lipinski definition) is 8. The Balaban J connectivity index is -0.000000362. The van der Waals surface area contributed by atoms with Gasteiger partial charge in [-0.05, 0) is 12.8 Å². The molecule has 0 aromatic heterocycles. The molecule has 0 radical (unpaired) electrons. The van der Waals surface area contributed by atoms with Crippen LogP contribution < -0.4 is 0 Å². The second-order valence-electron chi connectivity index (χ2n) is 7.58. The number of carbonyl (C=O) groups excluding carboxylic acids is 2. The van der Waals surface area contributed by atoms with E-state index in [1.54, 1.807) is 0 Å². The molecule has 204 valence electrons. The van der Waals surface area contributed by atoms with Crippen LogP contribution in [0.1, 0.15) is 97.3 Å². The molecule has 0 aromatic carbocycles. The fourth-order valence-corrected chi connectivity index (χ4v) is 3.39. The number of carbonyl (C=O) groups is 2. The van der Waals surface area contributed by atoms with Gasteiger partial charge in [-0.3, -0.25) is 23.2 Å². The molecule has 0 amide bonds. The number of unbranched alkanes of at least 4 members (excludes halogenated alkanes) is 10. The van der Waals surface area contributed by atoms with E-state index in [2.05, 4.69) is 13.8 Å². The van der Waals surface area contributed by atoms with E-state index < -0.39 is 44.1 Å². The van der Waals surface area contributed by atoms with Gasteiger partial charge >= 0.3 is 111 Å². The van der Waals surface area contributed by atoms with Gasteiger partial charge in [-0.1, -0.05) is 78.1 Å². The first-order valence-corrected chi connectivity index (χ1v) is 14.2.